The van der Waals surface area contributed by atoms with Gasteiger partial charge in [-0.2, -0.15) is 0 Å². The number of nitrogens with one attached hydrogen (secondary N) is 3. The number of amides is 2. The lowest BCUT2D eigenvalue weighted by Crippen LogP contribution is -2.29. The van der Waals surface area contributed by atoms with Crippen LogP contribution in [0.1, 0.15) is 45.2 Å². The van der Waals surface area contributed by atoms with Gasteiger partial charge in [0.05, 0.1) is 0 Å². The van der Waals surface area contributed by atoms with Crippen LogP contribution in [0, 0.1) is 0 Å². The van der Waals surface area contributed by atoms with Gasteiger partial charge in [0.2, 0.25) is 0 Å². The third-order valence-electron chi connectivity index (χ3n) is 2.88. The van der Waals surface area contributed by atoms with Crippen molar-refractivity contribution < 1.29 is 4.79 Å². The van der Waals surface area contributed by atoms with Gasteiger partial charge in [0.15, 0.2) is 0 Å². The highest BCUT2D eigenvalue weighted by molar-refractivity contribution is 5.89. The number of rotatable bonds is 7. The Morgan fingerprint density at radius 2 is 1.95 bits per heavy atom. The second-order valence-electron chi connectivity index (χ2n) is 4.68. The van der Waals surface area contributed by atoms with Gasteiger partial charge in [-0.15, -0.1) is 0 Å². The first-order valence-corrected chi connectivity index (χ1v) is 7.05. The van der Waals surface area contributed by atoms with Crippen LogP contribution < -0.4 is 16.0 Å². The van der Waals surface area contributed by atoms with Crippen molar-refractivity contribution in [3.63, 3.8) is 0 Å². The number of carbonyl (C=O) groups is 1. The van der Waals surface area contributed by atoms with E-state index in [1.165, 1.54) is 5.56 Å². The second kappa shape index (κ2) is 8.53. The molecule has 2 amide bonds. The third kappa shape index (κ3) is 5.75. The molecule has 4 nitrogen and oxygen atoms in total. The standard InChI is InChI=1S/C15H25N3O/c1-4-9-16-12(3)13-7-6-8-14(11-13)18-15(19)17-10-5-2/h6-8,11-12,16H,4-5,9-10H2,1-3H3,(H2,17,18,19). The molecule has 0 aliphatic carbocycles. The van der Waals surface area contributed by atoms with Gasteiger partial charge in [-0.25, -0.2) is 4.79 Å². The zero-order valence-corrected chi connectivity index (χ0v) is 12.1. The highest BCUT2D eigenvalue weighted by atomic mass is 16.2. The Kier molecular flexibility index (Phi) is 6.97. The lowest BCUT2D eigenvalue weighted by Gasteiger charge is -2.15. The average molecular weight is 263 g/mol. The Morgan fingerprint density at radius 1 is 1.21 bits per heavy atom. The van der Waals surface area contributed by atoms with E-state index in [1.807, 2.05) is 25.1 Å². The van der Waals surface area contributed by atoms with E-state index < -0.39 is 0 Å². The molecule has 0 radical (unpaired) electrons. The zero-order valence-electron chi connectivity index (χ0n) is 12.1. The summed E-state index contributed by atoms with van der Waals surface area (Å²) in [5.41, 5.74) is 2.01. The molecule has 1 aromatic rings. The summed E-state index contributed by atoms with van der Waals surface area (Å²) in [4.78, 5) is 11.6. The van der Waals surface area contributed by atoms with Crippen LogP contribution in [0.4, 0.5) is 10.5 Å². The largest absolute Gasteiger partial charge is 0.338 e. The predicted octanol–water partition coefficient (Wildman–Crippen LogP) is 3.28. The number of hydrogen-bond donors (Lipinski definition) is 3. The quantitative estimate of drug-likeness (QED) is 0.707. The number of anilines is 1. The minimum atomic E-state index is -0.145. The fourth-order valence-electron chi connectivity index (χ4n) is 1.78. The molecule has 1 atom stereocenters. The minimum absolute atomic E-state index is 0.145. The molecule has 0 aromatic heterocycles. The maximum Gasteiger partial charge on any atom is 0.319 e. The van der Waals surface area contributed by atoms with Gasteiger partial charge < -0.3 is 16.0 Å². The van der Waals surface area contributed by atoms with Crippen LogP contribution >= 0.6 is 0 Å². The molecule has 19 heavy (non-hydrogen) atoms. The normalized spacial score (nSPS) is 11.9. The molecule has 4 heteroatoms. The SMILES string of the molecule is CCCNC(=O)Nc1cccc(C(C)NCCC)c1. The molecule has 0 bridgehead atoms. The number of hydrogen-bond acceptors (Lipinski definition) is 2. The maximum absolute atomic E-state index is 11.6. The Hall–Kier alpha value is -1.55. The summed E-state index contributed by atoms with van der Waals surface area (Å²) in [6, 6.07) is 8.10. The Morgan fingerprint density at radius 3 is 2.63 bits per heavy atom. The van der Waals surface area contributed by atoms with Gasteiger partial charge in [0.1, 0.15) is 0 Å². The number of urea groups is 1. The Labute approximate surface area is 116 Å². The first-order chi connectivity index (χ1) is 9.17. The third-order valence-corrected chi connectivity index (χ3v) is 2.88. The molecule has 1 rings (SSSR count). The van der Waals surface area contributed by atoms with E-state index in [0.29, 0.717) is 12.6 Å². The summed E-state index contributed by atoms with van der Waals surface area (Å²) < 4.78 is 0. The fraction of sp³-hybridized carbons (Fsp3) is 0.533. The molecule has 0 aliphatic rings. The molecule has 0 fully saturated rings. The molecule has 1 aromatic carbocycles. The van der Waals surface area contributed by atoms with Crippen molar-refractivity contribution >= 4 is 11.7 Å². The van der Waals surface area contributed by atoms with E-state index in [-0.39, 0.29) is 6.03 Å². The van der Waals surface area contributed by atoms with Crippen LogP contribution in [-0.4, -0.2) is 19.1 Å². The summed E-state index contributed by atoms with van der Waals surface area (Å²) >= 11 is 0. The average Bonchev–Trinajstić information content (AvgIpc) is 2.42. The molecule has 0 saturated carbocycles. The second-order valence-corrected chi connectivity index (χ2v) is 4.68. The van der Waals surface area contributed by atoms with Gasteiger partial charge in [0.25, 0.3) is 0 Å². The van der Waals surface area contributed by atoms with Gasteiger partial charge in [-0.05, 0) is 44.0 Å². The highest BCUT2D eigenvalue weighted by Crippen LogP contribution is 2.17. The summed E-state index contributed by atoms with van der Waals surface area (Å²) in [6.45, 7) is 8.00. The molecule has 0 saturated heterocycles. The van der Waals surface area contributed by atoms with Gasteiger partial charge in [-0.1, -0.05) is 26.0 Å². The van der Waals surface area contributed by atoms with Crippen LogP contribution in [-0.2, 0) is 0 Å². The molecule has 1 unspecified atom stereocenters. The van der Waals surface area contributed by atoms with Gasteiger partial charge in [-0.3, -0.25) is 0 Å². The van der Waals surface area contributed by atoms with Crippen molar-refractivity contribution in [3.05, 3.63) is 29.8 Å². The van der Waals surface area contributed by atoms with Crippen molar-refractivity contribution in [3.8, 4) is 0 Å². The summed E-state index contributed by atoms with van der Waals surface area (Å²) in [7, 11) is 0. The van der Waals surface area contributed by atoms with Gasteiger partial charge in [0, 0.05) is 18.3 Å². The smallest absolute Gasteiger partial charge is 0.319 e. The van der Waals surface area contributed by atoms with E-state index in [9.17, 15) is 4.79 Å². The van der Waals surface area contributed by atoms with E-state index >= 15 is 0 Å². The summed E-state index contributed by atoms with van der Waals surface area (Å²) in [6.07, 6.45) is 2.05. The minimum Gasteiger partial charge on any atom is -0.338 e. The van der Waals surface area contributed by atoms with Crippen molar-refractivity contribution in [1.82, 2.24) is 10.6 Å². The lowest BCUT2D eigenvalue weighted by atomic mass is 10.1. The Balaban J connectivity index is 2.58. The highest BCUT2D eigenvalue weighted by Gasteiger charge is 2.06. The van der Waals surface area contributed by atoms with Crippen molar-refractivity contribution in [2.24, 2.45) is 0 Å². The molecular weight excluding hydrogens is 238 g/mol. The molecule has 0 spiro atoms. The van der Waals surface area contributed by atoms with Crippen molar-refractivity contribution in [2.45, 2.75) is 39.7 Å². The Bertz CT molecular complexity index is 393. The first-order valence-electron chi connectivity index (χ1n) is 7.05. The number of benzene rings is 1. The van der Waals surface area contributed by atoms with Crippen LogP contribution in [0.5, 0.6) is 0 Å². The van der Waals surface area contributed by atoms with Crippen LogP contribution in [0.15, 0.2) is 24.3 Å². The van der Waals surface area contributed by atoms with E-state index in [0.717, 1.165) is 25.1 Å². The van der Waals surface area contributed by atoms with Gasteiger partial charge >= 0.3 is 6.03 Å². The lowest BCUT2D eigenvalue weighted by molar-refractivity contribution is 0.252. The van der Waals surface area contributed by atoms with Crippen molar-refractivity contribution in [1.29, 1.82) is 0 Å². The van der Waals surface area contributed by atoms with E-state index in [4.69, 9.17) is 0 Å². The topological polar surface area (TPSA) is 53.2 Å². The van der Waals surface area contributed by atoms with E-state index in [2.05, 4.69) is 35.9 Å². The molecule has 0 heterocycles. The summed E-state index contributed by atoms with van der Waals surface area (Å²) in [5.74, 6) is 0. The molecule has 0 aliphatic heterocycles. The van der Waals surface area contributed by atoms with Crippen LogP contribution in [0.25, 0.3) is 0 Å². The number of carbonyl (C=O) groups excluding carboxylic acids is 1. The van der Waals surface area contributed by atoms with Crippen LogP contribution in [0.2, 0.25) is 0 Å². The fourth-order valence-corrected chi connectivity index (χ4v) is 1.78. The zero-order chi connectivity index (χ0) is 14.1. The van der Waals surface area contributed by atoms with Crippen molar-refractivity contribution in [2.75, 3.05) is 18.4 Å². The molecule has 3 N–H and O–H groups in total. The molecule has 106 valence electrons. The molecular formula is C15H25N3O. The first kappa shape index (κ1) is 15.5. The predicted molar refractivity (Wildman–Crippen MR) is 80.5 cm³/mol. The maximum atomic E-state index is 11.6. The van der Waals surface area contributed by atoms with E-state index in [1.54, 1.807) is 0 Å². The monoisotopic (exact) mass is 263 g/mol. The summed E-state index contributed by atoms with van der Waals surface area (Å²) in [5, 5.41) is 9.08. The van der Waals surface area contributed by atoms with Crippen LogP contribution in [0.3, 0.4) is 0 Å².